The fourth-order valence-electron chi connectivity index (χ4n) is 3.29. The van der Waals surface area contributed by atoms with E-state index in [0.717, 1.165) is 26.8 Å². The first-order valence-corrected chi connectivity index (χ1v) is 10.5. The van der Waals surface area contributed by atoms with Crippen molar-refractivity contribution in [3.05, 3.63) is 47.5 Å². The van der Waals surface area contributed by atoms with E-state index in [2.05, 4.69) is 4.98 Å². The van der Waals surface area contributed by atoms with Gasteiger partial charge in [-0.25, -0.2) is 4.98 Å². The predicted molar refractivity (Wildman–Crippen MR) is 115 cm³/mol. The summed E-state index contributed by atoms with van der Waals surface area (Å²) < 4.78 is 10.6. The summed E-state index contributed by atoms with van der Waals surface area (Å²) in [6, 6.07) is 11.4. The highest BCUT2D eigenvalue weighted by molar-refractivity contribution is 7.15. The zero-order valence-electron chi connectivity index (χ0n) is 16.8. The Morgan fingerprint density at radius 1 is 1.30 bits per heavy atom. The number of rotatable bonds is 6. The van der Waals surface area contributed by atoms with Gasteiger partial charge in [0.05, 0.1) is 30.1 Å². The molecule has 0 saturated carbocycles. The van der Waals surface area contributed by atoms with Crippen molar-refractivity contribution in [2.24, 2.45) is 0 Å². The van der Waals surface area contributed by atoms with E-state index in [1.54, 1.807) is 29.4 Å². The molecule has 1 aliphatic heterocycles. The first-order chi connectivity index (χ1) is 14.6. The standard InChI is InChI=1S/C22H21N3O4S/c1-3-28-20(27)9-11-25-17-12-15(7-8-18(17)29-13-19(25)26)21-14(2)30-22(24-21)16-6-4-5-10-23-16/h4-8,10,12H,3,9,11,13H2,1-2H3. The molecule has 3 aromatic rings. The summed E-state index contributed by atoms with van der Waals surface area (Å²) in [6.07, 6.45) is 1.87. The van der Waals surface area contributed by atoms with Crippen molar-refractivity contribution < 1.29 is 19.1 Å². The average molecular weight is 423 g/mol. The van der Waals surface area contributed by atoms with Crippen LogP contribution >= 0.6 is 11.3 Å². The summed E-state index contributed by atoms with van der Waals surface area (Å²) in [7, 11) is 0. The second-order valence-corrected chi connectivity index (χ2v) is 7.91. The van der Waals surface area contributed by atoms with Gasteiger partial charge in [-0.1, -0.05) is 6.07 Å². The maximum absolute atomic E-state index is 12.5. The Balaban J connectivity index is 1.65. The third-order valence-electron chi connectivity index (χ3n) is 4.70. The molecule has 0 unspecified atom stereocenters. The van der Waals surface area contributed by atoms with E-state index in [4.69, 9.17) is 14.5 Å². The molecule has 0 bridgehead atoms. The zero-order chi connectivity index (χ0) is 21.1. The van der Waals surface area contributed by atoms with E-state index in [-0.39, 0.29) is 31.4 Å². The number of esters is 1. The van der Waals surface area contributed by atoms with Crippen LogP contribution in [0.2, 0.25) is 0 Å². The van der Waals surface area contributed by atoms with Crippen molar-refractivity contribution >= 4 is 28.9 Å². The SMILES string of the molecule is CCOC(=O)CCN1C(=O)COc2ccc(-c3nc(-c4ccccn4)sc3C)cc21. The quantitative estimate of drug-likeness (QED) is 0.560. The van der Waals surface area contributed by atoms with Crippen molar-refractivity contribution in [1.82, 2.24) is 9.97 Å². The molecule has 7 nitrogen and oxygen atoms in total. The molecular formula is C22H21N3O4S. The zero-order valence-corrected chi connectivity index (χ0v) is 17.6. The number of amides is 1. The Kier molecular flexibility index (Phi) is 5.76. The number of fused-ring (bicyclic) bond motifs is 1. The molecule has 1 aromatic carbocycles. The number of hydrogen-bond acceptors (Lipinski definition) is 7. The summed E-state index contributed by atoms with van der Waals surface area (Å²) in [5.41, 5.74) is 3.18. The second-order valence-electron chi connectivity index (χ2n) is 6.71. The highest BCUT2D eigenvalue weighted by atomic mass is 32.1. The van der Waals surface area contributed by atoms with Gasteiger partial charge in [0.2, 0.25) is 0 Å². The van der Waals surface area contributed by atoms with E-state index in [1.807, 2.05) is 43.3 Å². The number of ether oxygens (including phenoxy) is 2. The number of thiazole rings is 1. The van der Waals surface area contributed by atoms with Crippen LogP contribution in [0, 0.1) is 6.92 Å². The Morgan fingerprint density at radius 3 is 2.93 bits per heavy atom. The van der Waals surface area contributed by atoms with Crippen LogP contribution in [-0.2, 0) is 14.3 Å². The maximum atomic E-state index is 12.5. The number of nitrogens with zero attached hydrogens (tertiary/aromatic N) is 3. The normalized spacial score (nSPS) is 13.0. The summed E-state index contributed by atoms with van der Waals surface area (Å²) in [5, 5.41) is 0.840. The largest absolute Gasteiger partial charge is 0.482 e. The van der Waals surface area contributed by atoms with E-state index < -0.39 is 0 Å². The van der Waals surface area contributed by atoms with E-state index in [1.165, 1.54) is 0 Å². The third kappa shape index (κ3) is 4.04. The number of aromatic nitrogens is 2. The van der Waals surface area contributed by atoms with Crippen molar-refractivity contribution in [3.63, 3.8) is 0 Å². The highest BCUT2D eigenvalue weighted by Gasteiger charge is 2.27. The van der Waals surface area contributed by atoms with Crippen molar-refractivity contribution in [2.75, 3.05) is 24.7 Å². The number of pyridine rings is 1. The van der Waals surface area contributed by atoms with E-state index in [0.29, 0.717) is 18.0 Å². The maximum Gasteiger partial charge on any atom is 0.307 e. The molecule has 0 radical (unpaired) electrons. The molecule has 0 N–H and O–H groups in total. The minimum atomic E-state index is -0.329. The lowest BCUT2D eigenvalue weighted by atomic mass is 10.1. The summed E-state index contributed by atoms with van der Waals surface area (Å²) >= 11 is 1.57. The number of carbonyl (C=O) groups is 2. The first kappa shape index (κ1) is 20.0. The van der Waals surface area contributed by atoms with Gasteiger partial charge in [0, 0.05) is 23.2 Å². The van der Waals surface area contributed by atoms with Crippen LogP contribution in [0.25, 0.3) is 22.0 Å². The van der Waals surface area contributed by atoms with Gasteiger partial charge in [-0.2, -0.15) is 0 Å². The molecule has 1 aliphatic rings. The smallest absolute Gasteiger partial charge is 0.307 e. The molecule has 0 fully saturated rings. The summed E-state index contributed by atoms with van der Waals surface area (Å²) in [6.45, 7) is 4.29. The van der Waals surface area contributed by atoms with Gasteiger partial charge in [-0.3, -0.25) is 14.6 Å². The van der Waals surface area contributed by atoms with Crippen molar-refractivity contribution in [3.8, 4) is 27.7 Å². The van der Waals surface area contributed by atoms with Crippen LogP contribution in [0.1, 0.15) is 18.2 Å². The summed E-state index contributed by atoms with van der Waals surface area (Å²) in [5.74, 6) is 0.0954. The minimum Gasteiger partial charge on any atom is -0.482 e. The highest BCUT2D eigenvalue weighted by Crippen LogP contribution is 2.39. The number of carbonyl (C=O) groups excluding carboxylic acids is 2. The molecule has 1 amide bonds. The Hall–Kier alpha value is -3.26. The summed E-state index contributed by atoms with van der Waals surface area (Å²) in [4.78, 5) is 36.0. The Bertz CT molecular complexity index is 1080. The molecule has 0 aliphatic carbocycles. The fraction of sp³-hybridized carbons (Fsp3) is 0.273. The topological polar surface area (TPSA) is 81.6 Å². The molecule has 30 heavy (non-hydrogen) atoms. The van der Waals surface area contributed by atoms with Gasteiger partial charge in [0.25, 0.3) is 5.91 Å². The van der Waals surface area contributed by atoms with Crippen molar-refractivity contribution in [1.29, 1.82) is 0 Å². The minimum absolute atomic E-state index is 0.0469. The van der Waals surface area contributed by atoms with Crippen LogP contribution in [0.4, 0.5) is 5.69 Å². The van der Waals surface area contributed by atoms with Gasteiger partial charge < -0.3 is 14.4 Å². The van der Waals surface area contributed by atoms with Gasteiger partial charge >= 0.3 is 5.97 Å². The molecule has 0 saturated heterocycles. The fourth-order valence-corrected chi connectivity index (χ4v) is 4.21. The van der Waals surface area contributed by atoms with Crippen LogP contribution < -0.4 is 9.64 Å². The molecule has 154 valence electrons. The molecule has 3 heterocycles. The lowest BCUT2D eigenvalue weighted by Crippen LogP contribution is -2.40. The van der Waals surface area contributed by atoms with Crippen LogP contribution in [0.3, 0.4) is 0 Å². The molecule has 0 spiro atoms. The molecule has 8 heteroatoms. The van der Waals surface area contributed by atoms with Crippen LogP contribution in [0.5, 0.6) is 5.75 Å². The van der Waals surface area contributed by atoms with Gasteiger partial charge in [-0.05, 0) is 44.2 Å². The molecular weight excluding hydrogens is 402 g/mol. The van der Waals surface area contributed by atoms with Gasteiger partial charge in [-0.15, -0.1) is 11.3 Å². The van der Waals surface area contributed by atoms with Gasteiger partial charge in [0.1, 0.15) is 10.8 Å². The first-order valence-electron chi connectivity index (χ1n) is 9.69. The second kappa shape index (κ2) is 8.62. The lowest BCUT2D eigenvalue weighted by Gasteiger charge is -2.29. The predicted octanol–water partition coefficient (Wildman–Crippen LogP) is 3.86. The number of benzene rings is 1. The Labute approximate surface area is 178 Å². The average Bonchev–Trinajstić information content (AvgIpc) is 3.15. The monoisotopic (exact) mass is 423 g/mol. The lowest BCUT2D eigenvalue weighted by molar-refractivity contribution is -0.142. The third-order valence-corrected chi connectivity index (χ3v) is 5.69. The molecule has 0 atom stereocenters. The number of hydrogen-bond donors (Lipinski definition) is 0. The van der Waals surface area contributed by atoms with Crippen LogP contribution in [-0.4, -0.2) is 41.6 Å². The van der Waals surface area contributed by atoms with E-state index in [9.17, 15) is 9.59 Å². The molecule has 4 rings (SSSR count). The molecule has 2 aromatic heterocycles. The van der Waals surface area contributed by atoms with Gasteiger partial charge in [0.15, 0.2) is 6.61 Å². The van der Waals surface area contributed by atoms with Crippen molar-refractivity contribution in [2.45, 2.75) is 20.3 Å². The van der Waals surface area contributed by atoms with E-state index >= 15 is 0 Å². The number of anilines is 1. The number of aryl methyl sites for hydroxylation is 1. The van der Waals surface area contributed by atoms with Crippen LogP contribution in [0.15, 0.2) is 42.6 Å². The Morgan fingerprint density at radius 2 is 2.17 bits per heavy atom.